The average molecular weight is 302 g/mol. The van der Waals surface area contributed by atoms with Crippen molar-refractivity contribution in [1.29, 1.82) is 0 Å². The molecule has 0 aromatic carbocycles. The number of β-amino-alcohol motifs (C(OH)–C–C–N with tert-alkyl or cyclic N) is 1. The third-order valence-electron chi connectivity index (χ3n) is 2.88. The van der Waals surface area contributed by atoms with Gasteiger partial charge < -0.3 is 15.4 Å². The van der Waals surface area contributed by atoms with Gasteiger partial charge in [0.15, 0.2) is 5.82 Å². The van der Waals surface area contributed by atoms with Crippen LogP contribution in [0.5, 0.6) is 0 Å². The zero-order chi connectivity index (χ0) is 12.5. The molecule has 0 bridgehead atoms. The van der Waals surface area contributed by atoms with Crippen LogP contribution in [-0.4, -0.2) is 33.8 Å². The van der Waals surface area contributed by atoms with Gasteiger partial charge in [-0.2, -0.15) is 0 Å². The van der Waals surface area contributed by atoms with Gasteiger partial charge in [-0.25, -0.2) is 15.8 Å². The van der Waals surface area contributed by atoms with E-state index in [1.165, 1.54) is 6.33 Å². The van der Waals surface area contributed by atoms with Crippen molar-refractivity contribution >= 4 is 27.6 Å². The Balaban J connectivity index is 2.28. The quantitative estimate of drug-likeness (QED) is 0.555. The lowest BCUT2D eigenvalue weighted by molar-refractivity contribution is 0.0446. The number of aromatic nitrogens is 2. The van der Waals surface area contributed by atoms with Crippen molar-refractivity contribution in [2.75, 3.05) is 23.4 Å². The molecule has 94 valence electrons. The first-order valence-corrected chi connectivity index (χ1v) is 6.27. The molecule has 0 amide bonds. The molecule has 0 spiro atoms. The van der Waals surface area contributed by atoms with Crippen molar-refractivity contribution in [1.82, 2.24) is 9.97 Å². The number of nitrogens with two attached hydrogens (primary N) is 1. The van der Waals surface area contributed by atoms with Crippen LogP contribution in [0.25, 0.3) is 0 Å². The highest BCUT2D eigenvalue weighted by Gasteiger charge is 2.30. The first kappa shape index (κ1) is 12.5. The van der Waals surface area contributed by atoms with Gasteiger partial charge in [-0.05, 0) is 35.7 Å². The van der Waals surface area contributed by atoms with Crippen LogP contribution >= 0.6 is 15.9 Å². The highest BCUT2D eigenvalue weighted by Crippen LogP contribution is 2.32. The second-order valence-electron chi connectivity index (χ2n) is 4.53. The van der Waals surface area contributed by atoms with Crippen molar-refractivity contribution in [2.45, 2.75) is 25.4 Å². The van der Waals surface area contributed by atoms with E-state index in [-0.39, 0.29) is 0 Å². The van der Waals surface area contributed by atoms with E-state index in [2.05, 4.69) is 31.3 Å². The van der Waals surface area contributed by atoms with Crippen molar-refractivity contribution in [3.05, 3.63) is 10.8 Å². The number of nitrogens with zero attached hydrogens (tertiary/aromatic N) is 3. The molecule has 7 heteroatoms. The Hall–Kier alpha value is -0.920. The van der Waals surface area contributed by atoms with E-state index in [9.17, 15) is 5.11 Å². The summed E-state index contributed by atoms with van der Waals surface area (Å²) in [5, 5.41) is 10.1. The third kappa shape index (κ3) is 2.67. The van der Waals surface area contributed by atoms with Gasteiger partial charge >= 0.3 is 0 Å². The van der Waals surface area contributed by atoms with Crippen molar-refractivity contribution in [3.8, 4) is 0 Å². The molecule has 0 radical (unpaired) electrons. The van der Waals surface area contributed by atoms with E-state index in [0.717, 1.165) is 29.7 Å². The maximum absolute atomic E-state index is 10.1. The molecule has 1 aliphatic heterocycles. The summed E-state index contributed by atoms with van der Waals surface area (Å²) in [5.41, 5.74) is 1.84. The van der Waals surface area contributed by atoms with E-state index in [0.29, 0.717) is 12.4 Å². The lowest BCUT2D eigenvalue weighted by atomic mass is 9.95. The van der Waals surface area contributed by atoms with Gasteiger partial charge in [0.05, 0.1) is 5.60 Å². The van der Waals surface area contributed by atoms with Crippen LogP contribution in [0.4, 0.5) is 11.6 Å². The summed E-state index contributed by atoms with van der Waals surface area (Å²) in [5.74, 6) is 6.66. The molecule has 1 unspecified atom stereocenters. The molecule has 1 aromatic heterocycles. The van der Waals surface area contributed by atoms with Gasteiger partial charge in [0, 0.05) is 13.1 Å². The number of rotatable bonds is 2. The molecule has 1 atom stereocenters. The zero-order valence-electron chi connectivity index (χ0n) is 9.65. The third-order valence-corrected chi connectivity index (χ3v) is 3.61. The van der Waals surface area contributed by atoms with Crippen LogP contribution in [-0.2, 0) is 0 Å². The molecule has 4 N–H and O–H groups in total. The van der Waals surface area contributed by atoms with Crippen LogP contribution in [0.1, 0.15) is 19.8 Å². The first-order chi connectivity index (χ1) is 8.03. The predicted molar refractivity (Wildman–Crippen MR) is 69.6 cm³/mol. The Kier molecular flexibility index (Phi) is 3.50. The van der Waals surface area contributed by atoms with Crippen LogP contribution in [0.15, 0.2) is 10.8 Å². The van der Waals surface area contributed by atoms with E-state index in [1.54, 1.807) is 0 Å². The topological polar surface area (TPSA) is 87.3 Å². The number of halogens is 1. The number of nitrogens with one attached hydrogen (secondary N) is 1. The molecular weight excluding hydrogens is 286 g/mol. The van der Waals surface area contributed by atoms with E-state index >= 15 is 0 Å². The molecule has 0 saturated carbocycles. The molecule has 0 aliphatic carbocycles. The molecule has 2 rings (SSSR count). The Bertz CT molecular complexity index is 412. The van der Waals surface area contributed by atoms with Crippen LogP contribution in [0.2, 0.25) is 0 Å². The summed E-state index contributed by atoms with van der Waals surface area (Å²) in [6.45, 7) is 3.28. The summed E-state index contributed by atoms with van der Waals surface area (Å²) in [6.07, 6.45) is 3.21. The fourth-order valence-electron chi connectivity index (χ4n) is 2.08. The minimum absolute atomic E-state index is 0.542. The molecule has 1 fully saturated rings. The summed E-state index contributed by atoms with van der Waals surface area (Å²) >= 11 is 3.42. The summed E-state index contributed by atoms with van der Waals surface area (Å²) in [7, 11) is 0. The molecule has 6 nitrogen and oxygen atoms in total. The standard InChI is InChI=1S/C10H16BrN5O/c1-10(17)3-2-4-16(5-10)9-7(11)8(15-12)13-6-14-9/h6,17H,2-5,12H2,1H3,(H,13,14,15). The second-order valence-corrected chi connectivity index (χ2v) is 5.32. The Morgan fingerprint density at radius 1 is 1.59 bits per heavy atom. The van der Waals surface area contributed by atoms with Gasteiger partial charge in [0.1, 0.15) is 16.6 Å². The van der Waals surface area contributed by atoms with Crippen molar-refractivity contribution in [2.24, 2.45) is 5.84 Å². The summed E-state index contributed by atoms with van der Waals surface area (Å²) in [4.78, 5) is 10.3. The number of anilines is 2. The van der Waals surface area contributed by atoms with Crippen LogP contribution in [0, 0.1) is 0 Å². The van der Waals surface area contributed by atoms with Crippen LogP contribution < -0.4 is 16.2 Å². The molecule has 1 aromatic rings. The lowest BCUT2D eigenvalue weighted by Gasteiger charge is -2.37. The maximum atomic E-state index is 10.1. The Labute approximate surface area is 108 Å². The van der Waals surface area contributed by atoms with E-state index in [4.69, 9.17) is 5.84 Å². The molecule has 1 aliphatic rings. The number of hydrogen-bond acceptors (Lipinski definition) is 6. The van der Waals surface area contributed by atoms with Gasteiger partial charge in [0.2, 0.25) is 0 Å². The van der Waals surface area contributed by atoms with Crippen LogP contribution in [0.3, 0.4) is 0 Å². The Morgan fingerprint density at radius 3 is 3.00 bits per heavy atom. The number of aliphatic hydroxyl groups is 1. The molecule has 1 saturated heterocycles. The maximum Gasteiger partial charge on any atom is 0.159 e. The van der Waals surface area contributed by atoms with Gasteiger partial charge in [-0.1, -0.05) is 0 Å². The highest BCUT2D eigenvalue weighted by molar-refractivity contribution is 9.10. The Morgan fingerprint density at radius 2 is 2.35 bits per heavy atom. The second kappa shape index (κ2) is 4.75. The number of piperidine rings is 1. The summed E-state index contributed by atoms with van der Waals surface area (Å²) < 4.78 is 0.722. The van der Waals surface area contributed by atoms with Gasteiger partial charge in [-0.15, -0.1) is 0 Å². The molecular formula is C10H16BrN5O. The lowest BCUT2D eigenvalue weighted by Crippen LogP contribution is -2.46. The smallest absolute Gasteiger partial charge is 0.159 e. The highest BCUT2D eigenvalue weighted by atomic mass is 79.9. The fraction of sp³-hybridized carbons (Fsp3) is 0.600. The molecule has 2 heterocycles. The number of hydrogen-bond donors (Lipinski definition) is 3. The predicted octanol–water partition coefficient (Wildman–Crippen LogP) is 0.876. The van der Waals surface area contributed by atoms with Gasteiger partial charge in [0.25, 0.3) is 0 Å². The first-order valence-electron chi connectivity index (χ1n) is 5.48. The minimum atomic E-state index is -0.668. The largest absolute Gasteiger partial charge is 0.388 e. The molecule has 17 heavy (non-hydrogen) atoms. The average Bonchev–Trinajstić information content (AvgIpc) is 2.28. The SMILES string of the molecule is CC1(O)CCCN(c2ncnc(NN)c2Br)C1. The van der Waals surface area contributed by atoms with E-state index < -0.39 is 5.60 Å². The zero-order valence-corrected chi connectivity index (χ0v) is 11.2. The van der Waals surface area contributed by atoms with E-state index in [1.807, 2.05) is 11.8 Å². The summed E-state index contributed by atoms with van der Waals surface area (Å²) in [6, 6.07) is 0. The normalized spacial score (nSPS) is 24.8. The van der Waals surface area contributed by atoms with Crippen molar-refractivity contribution < 1.29 is 5.11 Å². The number of hydrazine groups is 1. The van der Waals surface area contributed by atoms with Crippen molar-refractivity contribution in [3.63, 3.8) is 0 Å². The monoisotopic (exact) mass is 301 g/mol. The minimum Gasteiger partial charge on any atom is -0.388 e. The fourth-order valence-corrected chi connectivity index (χ4v) is 2.65. The number of nitrogen functional groups attached to an aromatic ring is 1. The van der Waals surface area contributed by atoms with Gasteiger partial charge in [-0.3, -0.25) is 0 Å².